The molecule has 0 aliphatic heterocycles. The molecule has 1 amide bonds. The van der Waals surface area contributed by atoms with Crippen molar-refractivity contribution in [2.45, 2.75) is 0 Å². The topological polar surface area (TPSA) is 89.6 Å². The first-order valence-corrected chi connectivity index (χ1v) is 8.60. The van der Waals surface area contributed by atoms with Crippen molar-refractivity contribution in [1.29, 1.82) is 0 Å². The molecule has 134 valence electrons. The molecule has 7 nitrogen and oxygen atoms in total. The number of carbonyl (C=O) groups excluding carboxylic acids is 2. The molecular formula is C17H14ClN3O4S. The smallest absolute Gasteiger partial charge is 0.337 e. The summed E-state index contributed by atoms with van der Waals surface area (Å²) in [6, 6.07) is 9.55. The van der Waals surface area contributed by atoms with Gasteiger partial charge in [-0.3, -0.25) is 15.6 Å². The molecule has 0 atom stereocenters. The maximum absolute atomic E-state index is 12.2. The van der Waals surface area contributed by atoms with Crippen LogP contribution >= 0.6 is 22.9 Å². The number of nitrogens with one attached hydrogen (secondary N) is 2. The number of esters is 1. The summed E-state index contributed by atoms with van der Waals surface area (Å²) in [6.45, 7) is 0. The van der Waals surface area contributed by atoms with E-state index >= 15 is 0 Å². The van der Waals surface area contributed by atoms with Crippen molar-refractivity contribution in [2.75, 3.05) is 19.6 Å². The summed E-state index contributed by atoms with van der Waals surface area (Å²) in [5.41, 5.74) is 6.67. The van der Waals surface area contributed by atoms with Crippen molar-refractivity contribution in [3.63, 3.8) is 0 Å². The third-order valence-electron chi connectivity index (χ3n) is 3.53. The molecule has 26 heavy (non-hydrogen) atoms. The Balaban J connectivity index is 1.72. The number of rotatable bonds is 5. The molecular weight excluding hydrogens is 378 g/mol. The van der Waals surface area contributed by atoms with Crippen molar-refractivity contribution in [1.82, 2.24) is 10.4 Å². The van der Waals surface area contributed by atoms with Crippen LogP contribution in [0.2, 0.25) is 5.02 Å². The number of fused-ring (bicyclic) bond motifs is 1. The predicted octanol–water partition coefficient (Wildman–Crippen LogP) is 3.50. The van der Waals surface area contributed by atoms with Gasteiger partial charge in [-0.15, -0.1) is 0 Å². The van der Waals surface area contributed by atoms with Gasteiger partial charge in [0.25, 0.3) is 5.91 Å². The number of halogens is 1. The monoisotopic (exact) mass is 391 g/mol. The lowest BCUT2D eigenvalue weighted by atomic mass is 10.1. The minimum atomic E-state index is -0.463. The van der Waals surface area contributed by atoms with Gasteiger partial charge in [0.15, 0.2) is 0 Å². The van der Waals surface area contributed by atoms with Crippen molar-refractivity contribution in [3.8, 4) is 5.75 Å². The van der Waals surface area contributed by atoms with Gasteiger partial charge in [0.2, 0.25) is 5.13 Å². The lowest BCUT2D eigenvalue weighted by Gasteiger charge is -2.06. The van der Waals surface area contributed by atoms with Gasteiger partial charge in [-0.2, -0.15) is 0 Å². The van der Waals surface area contributed by atoms with Crippen LogP contribution in [0.1, 0.15) is 20.7 Å². The number of ether oxygens (including phenoxy) is 2. The summed E-state index contributed by atoms with van der Waals surface area (Å²) >= 11 is 7.46. The van der Waals surface area contributed by atoms with Crippen molar-refractivity contribution in [2.24, 2.45) is 0 Å². The van der Waals surface area contributed by atoms with Gasteiger partial charge >= 0.3 is 5.97 Å². The third-order valence-corrected chi connectivity index (χ3v) is 4.96. The first kappa shape index (κ1) is 18.0. The Morgan fingerprint density at radius 1 is 1.08 bits per heavy atom. The molecule has 0 unspecified atom stereocenters. The predicted molar refractivity (Wildman–Crippen MR) is 100 cm³/mol. The van der Waals surface area contributed by atoms with Crippen molar-refractivity contribution in [3.05, 3.63) is 52.5 Å². The number of hydrogen-bond acceptors (Lipinski definition) is 7. The van der Waals surface area contributed by atoms with Crippen LogP contribution in [0.3, 0.4) is 0 Å². The van der Waals surface area contributed by atoms with Crippen LogP contribution in [0.25, 0.3) is 10.2 Å². The first-order valence-electron chi connectivity index (χ1n) is 7.41. The molecule has 0 saturated heterocycles. The zero-order valence-corrected chi connectivity index (χ0v) is 15.4. The second-order valence-electron chi connectivity index (χ2n) is 5.09. The second kappa shape index (κ2) is 7.59. The number of aromatic nitrogens is 1. The molecule has 0 saturated carbocycles. The lowest BCUT2D eigenvalue weighted by Crippen LogP contribution is -2.29. The summed E-state index contributed by atoms with van der Waals surface area (Å²) < 4.78 is 10.6. The number of amides is 1. The summed E-state index contributed by atoms with van der Waals surface area (Å²) in [6.07, 6.45) is 0. The zero-order chi connectivity index (χ0) is 18.7. The molecule has 0 aliphatic carbocycles. The van der Waals surface area contributed by atoms with E-state index < -0.39 is 5.97 Å². The Bertz CT molecular complexity index is 972. The molecule has 3 aromatic rings. The summed E-state index contributed by atoms with van der Waals surface area (Å²) in [5.74, 6) is -0.243. The maximum Gasteiger partial charge on any atom is 0.337 e. The molecule has 3 rings (SSSR count). The van der Waals surface area contributed by atoms with E-state index in [9.17, 15) is 9.59 Å². The molecule has 0 fully saturated rings. The Hall–Kier alpha value is -2.84. The van der Waals surface area contributed by atoms with E-state index in [0.29, 0.717) is 32.5 Å². The Labute approximate surface area is 157 Å². The summed E-state index contributed by atoms with van der Waals surface area (Å²) in [5, 5.41) is 1.02. The van der Waals surface area contributed by atoms with E-state index in [1.54, 1.807) is 19.2 Å². The van der Waals surface area contributed by atoms with E-state index in [1.165, 1.54) is 42.7 Å². The number of hydrazine groups is 1. The average Bonchev–Trinajstić information content (AvgIpc) is 3.11. The number of thiazole rings is 1. The first-order chi connectivity index (χ1) is 12.5. The molecule has 2 N–H and O–H groups in total. The van der Waals surface area contributed by atoms with E-state index in [-0.39, 0.29) is 5.91 Å². The third kappa shape index (κ3) is 3.56. The highest BCUT2D eigenvalue weighted by molar-refractivity contribution is 7.22. The Kier molecular flexibility index (Phi) is 5.24. The molecule has 0 bridgehead atoms. The average molecular weight is 392 g/mol. The molecule has 2 aromatic carbocycles. The van der Waals surface area contributed by atoms with Crippen LogP contribution in [-0.4, -0.2) is 31.1 Å². The standard InChI is InChI=1S/C17H14ClN3O4S/c1-24-12-8-7-11(18)14-13(12)19-17(26-14)21-20-15(22)9-3-5-10(6-4-9)16(23)25-2/h3-8H,1-2H3,(H,19,21)(H,20,22). The zero-order valence-electron chi connectivity index (χ0n) is 13.8. The quantitative estimate of drug-likeness (QED) is 0.511. The minimum absolute atomic E-state index is 0.366. The molecule has 0 radical (unpaired) electrons. The minimum Gasteiger partial charge on any atom is -0.494 e. The highest BCUT2D eigenvalue weighted by Gasteiger charge is 2.13. The normalized spacial score (nSPS) is 10.4. The molecule has 0 aliphatic rings. The fourth-order valence-corrected chi connectivity index (χ4v) is 3.34. The van der Waals surface area contributed by atoms with Crippen LogP contribution in [0, 0.1) is 0 Å². The van der Waals surface area contributed by atoms with E-state index in [0.717, 1.165) is 4.70 Å². The van der Waals surface area contributed by atoms with Crippen LogP contribution in [0.5, 0.6) is 5.75 Å². The summed E-state index contributed by atoms with van der Waals surface area (Å²) in [4.78, 5) is 28.0. The van der Waals surface area contributed by atoms with Gasteiger partial charge in [-0.1, -0.05) is 22.9 Å². The van der Waals surface area contributed by atoms with Crippen LogP contribution in [-0.2, 0) is 4.74 Å². The molecule has 0 spiro atoms. The largest absolute Gasteiger partial charge is 0.494 e. The maximum atomic E-state index is 12.2. The van der Waals surface area contributed by atoms with Crippen LogP contribution < -0.4 is 15.6 Å². The lowest BCUT2D eigenvalue weighted by molar-refractivity contribution is 0.0600. The van der Waals surface area contributed by atoms with Crippen molar-refractivity contribution >= 4 is 50.2 Å². The van der Waals surface area contributed by atoms with E-state index in [4.69, 9.17) is 16.3 Å². The number of hydrogen-bond donors (Lipinski definition) is 2. The highest BCUT2D eigenvalue weighted by atomic mass is 35.5. The summed E-state index contributed by atoms with van der Waals surface area (Å²) in [7, 11) is 2.85. The molecule has 1 aromatic heterocycles. The number of carbonyl (C=O) groups is 2. The van der Waals surface area contributed by atoms with Gasteiger partial charge < -0.3 is 9.47 Å². The fourth-order valence-electron chi connectivity index (χ4n) is 2.23. The highest BCUT2D eigenvalue weighted by Crippen LogP contribution is 2.37. The SMILES string of the molecule is COC(=O)c1ccc(C(=O)NNc2nc3c(OC)ccc(Cl)c3s2)cc1. The van der Waals surface area contributed by atoms with Gasteiger partial charge in [0.1, 0.15) is 11.3 Å². The number of anilines is 1. The van der Waals surface area contributed by atoms with Gasteiger partial charge in [0.05, 0.1) is 29.5 Å². The van der Waals surface area contributed by atoms with Gasteiger partial charge in [0, 0.05) is 5.56 Å². The number of nitrogens with zero attached hydrogens (tertiary/aromatic N) is 1. The number of benzene rings is 2. The van der Waals surface area contributed by atoms with Crippen molar-refractivity contribution < 1.29 is 19.1 Å². The Morgan fingerprint density at radius 2 is 1.77 bits per heavy atom. The number of methoxy groups -OCH3 is 2. The van der Waals surface area contributed by atoms with E-state index in [2.05, 4.69) is 20.6 Å². The molecule has 1 heterocycles. The van der Waals surface area contributed by atoms with E-state index in [1.807, 2.05) is 0 Å². The molecule has 9 heteroatoms. The van der Waals surface area contributed by atoms with Gasteiger partial charge in [-0.25, -0.2) is 9.78 Å². The van der Waals surface area contributed by atoms with Gasteiger partial charge in [-0.05, 0) is 36.4 Å². The van der Waals surface area contributed by atoms with Crippen LogP contribution in [0.15, 0.2) is 36.4 Å². The second-order valence-corrected chi connectivity index (χ2v) is 6.50. The Morgan fingerprint density at radius 3 is 2.42 bits per heavy atom. The fraction of sp³-hybridized carbons (Fsp3) is 0.118. The van der Waals surface area contributed by atoms with Crippen LogP contribution in [0.4, 0.5) is 5.13 Å².